The lowest BCUT2D eigenvalue weighted by molar-refractivity contribution is 0.269. The third kappa shape index (κ3) is 2.69. The molecule has 0 saturated carbocycles. The van der Waals surface area contributed by atoms with E-state index in [1.165, 1.54) is 5.56 Å². The topological polar surface area (TPSA) is 29.5 Å². The number of methoxy groups -OCH3 is 1. The molecule has 3 heteroatoms. The van der Waals surface area contributed by atoms with Crippen molar-refractivity contribution >= 4 is 11.6 Å². The van der Waals surface area contributed by atoms with Gasteiger partial charge in [-0.25, -0.2) is 0 Å². The Labute approximate surface area is 102 Å². The fraction of sp³-hybridized carbons (Fsp3) is 0.538. The first-order valence-electron chi connectivity index (χ1n) is 5.49. The van der Waals surface area contributed by atoms with Gasteiger partial charge < -0.3 is 9.84 Å². The first-order chi connectivity index (χ1) is 7.51. The molecule has 1 aromatic carbocycles. The van der Waals surface area contributed by atoms with Crippen LogP contribution in [0.25, 0.3) is 0 Å². The Balaban J connectivity index is 3.30. The molecule has 1 aromatic rings. The third-order valence-electron chi connectivity index (χ3n) is 2.77. The van der Waals surface area contributed by atoms with Crippen molar-refractivity contribution in [2.75, 3.05) is 13.7 Å². The predicted octanol–water partition coefficient (Wildman–Crippen LogP) is 3.57. The Bertz CT molecular complexity index is 361. The van der Waals surface area contributed by atoms with E-state index in [2.05, 4.69) is 19.9 Å². The minimum Gasteiger partial charge on any atom is -0.495 e. The second-order valence-corrected chi connectivity index (χ2v) is 4.77. The lowest BCUT2D eigenvalue weighted by Gasteiger charge is -2.18. The van der Waals surface area contributed by atoms with Crippen LogP contribution in [0.1, 0.15) is 43.7 Å². The van der Waals surface area contributed by atoms with Crippen LogP contribution in [0.2, 0.25) is 5.02 Å². The molecule has 0 amide bonds. The highest BCUT2D eigenvalue weighted by molar-refractivity contribution is 6.32. The largest absolute Gasteiger partial charge is 0.495 e. The molecule has 2 nitrogen and oxygen atoms in total. The molecule has 1 atom stereocenters. The highest BCUT2D eigenvalue weighted by atomic mass is 35.5. The summed E-state index contributed by atoms with van der Waals surface area (Å²) >= 11 is 6.17. The molecule has 0 aromatic heterocycles. The SMILES string of the molecule is COc1c(Cl)cc(C(C)C)cc1C(C)CO. The lowest BCUT2D eigenvalue weighted by atomic mass is 9.94. The molecule has 0 heterocycles. The van der Waals surface area contributed by atoms with Gasteiger partial charge in [-0.05, 0) is 17.5 Å². The Morgan fingerprint density at radius 3 is 2.38 bits per heavy atom. The number of rotatable bonds is 4. The van der Waals surface area contributed by atoms with Gasteiger partial charge in [0.25, 0.3) is 0 Å². The van der Waals surface area contributed by atoms with E-state index in [0.29, 0.717) is 16.7 Å². The summed E-state index contributed by atoms with van der Waals surface area (Å²) in [5.74, 6) is 1.12. The molecule has 0 fully saturated rings. The van der Waals surface area contributed by atoms with Gasteiger partial charge in [0.2, 0.25) is 0 Å². The minimum atomic E-state index is 0.0335. The molecule has 0 radical (unpaired) electrons. The summed E-state index contributed by atoms with van der Waals surface area (Å²) in [6, 6.07) is 3.99. The minimum absolute atomic E-state index is 0.0335. The first kappa shape index (κ1) is 13.3. The van der Waals surface area contributed by atoms with Crippen molar-refractivity contribution in [3.05, 3.63) is 28.3 Å². The van der Waals surface area contributed by atoms with E-state index in [0.717, 1.165) is 5.56 Å². The van der Waals surface area contributed by atoms with Crippen LogP contribution in [0.4, 0.5) is 0 Å². The predicted molar refractivity (Wildman–Crippen MR) is 67.6 cm³/mol. The average molecular weight is 243 g/mol. The highest BCUT2D eigenvalue weighted by Gasteiger charge is 2.16. The first-order valence-corrected chi connectivity index (χ1v) is 5.87. The Morgan fingerprint density at radius 1 is 1.31 bits per heavy atom. The van der Waals surface area contributed by atoms with Gasteiger partial charge in [-0.15, -0.1) is 0 Å². The van der Waals surface area contributed by atoms with Gasteiger partial charge in [-0.1, -0.05) is 38.4 Å². The summed E-state index contributed by atoms with van der Waals surface area (Å²) in [5, 5.41) is 9.84. The van der Waals surface area contributed by atoms with Crippen LogP contribution in [0.15, 0.2) is 12.1 Å². The van der Waals surface area contributed by atoms with Gasteiger partial charge in [-0.2, -0.15) is 0 Å². The Hall–Kier alpha value is -0.730. The second kappa shape index (κ2) is 5.55. The molecule has 0 aliphatic heterocycles. The van der Waals surface area contributed by atoms with Crippen molar-refractivity contribution in [3.8, 4) is 5.75 Å². The van der Waals surface area contributed by atoms with Gasteiger partial charge >= 0.3 is 0 Å². The summed E-state index contributed by atoms with van der Waals surface area (Å²) in [4.78, 5) is 0. The summed E-state index contributed by atoms with van der Waals surface area (Å²) in [6.07, 6.45) is 0. The average Bonchev–Trinajstić information content (AvgIpc) is 2.26. The van der Waals surface area contributed by atoms with Gasteiger partial charge in [0.1, 0.15) is 5.75 Å². The van der Waals surface area contributed by atoms with Crippen LogP contribution in [0, 0.1) is 0 Å². The summed E-state index contributed by atoms with van der Waals surface area (Å²) in [5.41, 5.74) is 2.14. The van der Waals surface area contributed by atoms with Crippen LogP contribution >= 0.6 is 11.6 Å². The Morgan fingerprint density at radius 2 is 1.94 bits per heavy atom. The zero-order valence-electron chi connectivity index (χ0n) is 10.2. The zero-order chi connectivity index (χ0) is 12.3. The fourth-order valence-corrected chi connectivity index (χ4v) is 1.96. The second-order valence-electron chi connectivity index (χ2n) is 4.36. The standard InChI is InChI=1S/C13H19ClO2/c1-8(2)10-5-11(9(3)7-15)13(16-4)12(14)6-10/h5-6,8-9,15H,7H2,1-4H3. The molecule has 16 heavy (non-hydrogen) atoms. The van der Waals surface area contributed by atoms with Gasteiger partial charge in [0.15, 0.2) is 0 Å². The van der Waals surface area contributed by atoms with E-state index in [-0.39, 0.29) is 12.5 Å². The summed E-state index contributed by atoms with van der Waals surface area (Å²) < 4.78 is 5.29. The molecule has 1 N–H and O–H groups in total. The number of halogens is 1. The maximum atomic E-state index is 9.23. The number of hydrogen-bond acceptors (Lipinski definition) is 2. The zero-order valence-corrected chi connectivity index (χ0v) is 11.0. The van der Waals surface area contributed by atoms with Crippen LogP contribution < -0.4 is 4.74 Å². The van der Waals surface area contributed by atoms with Crippen molar-refractivity contribution in [3.63, 3.8) is 0 Å². The molecule has 0 spiro atoms. The molecule has 0 saturated heterocycles. The van der Waals surface area contributed by atoms with Crippen molar-refractivity contribution in [1.82, 2.24) is 0 Å². The van der Waals surface area contributed by atoms with E-state index in [1.807, 2.05) is 13.0 Å². The number of hydrogen-bond donors (Lipinski definition) is 1. The maximum Gasteiger partial charge on any atom is 0.141 e. The molecule has 0 bridgehead atoms. The van der Waals surface area contributed by atoms with Crippen molar-refractivity contribution in [2.45, 2.75) is 32.6 Å². The molecule has 0 aliphatic rings. The third-order valence-corrected chi connectivity index (χ3v) is 3.05. The molecule has 1 unspecified atom stereocenters. The highest BCUT2D eigenvalue weighted by Crippen LogP contribution is 2.36. The van der Waals surface area contributed by atoms with Crippen LogP contribution in [0.5, 0.6) is 5.75 Å². The molecule has 90 valence electrons. The quantitative estimate of drug-likeness (QED) is 0.875. The number of ether oxygens (including phenoxy) is 1. The molecule has 1 rings (SSSR count). The number of aliphatic hydroxyl groups excluding tert-OH is 1. The van der Waals surface area contributed by atoms with Crippen LogP contribution in [0.3, 0.4) is 0 Å². The van der Waals surface area contributed by atoms with E-state index in [1.54, 1.807) is 7.11 Å². The van der Waals surface area contributed by atoms with E-state index < -0.39 is 0 Å². The number of benzene rings is 1. The van der Waals surface area contributed by atoms with Gasteiger partial charge in [-0.3, -0.25) is 0 Å². The van der Waals surface area contributed by atoms with Gasteiger partial charge in [0, 0.05) is 18.1 Å². The molecular formula is C13H19ClO2. The van der Waals surface area contributed by atoms with Crippen molar-refractivity contribution < 1.29 is 9.84 Å². The number of aliphatic hydroxyl groups is 1. The van der Waals surface area contributed by atoms with Crippen LogP contribution in [-0.4, -0.2) is 18.8 Å². The normalized spacial score (nSPS) is 12.9. The molecule has 0 aliphatic carbocycles. The van der Waals surface area contributed by atoms with Crippen molar-refractivity contribution in [1.29, 1.82) is 0 Å². The van der Waals surface area contributed by atoms with Gasteiger partial charge in [0.05, 0.1) is 12.1 Å². The molecular weight excluding hydrogens is 224 g/mol. The van der Waals surface area contributed by atoms with E-state index in [4.69, 9.17) is 16.3 Å². The van der Waals surface area contributed by atoms with E-state index >= 15 is 0 Å². The Kier molecular flexibility index (Phi) is 4.63. The fourth-order valence-electron chi connectivity index (χ4n) is 1.65. The maximum absolute atomic E-state index is 9.23. The summed E-state index contributed by atoms with van der Waals surface area (Å²) in [7, 11) is 1.60. The van der Waals surface area contributed by atoms with Crippen molar-refractivity contribution in [2.24, 2.45) is 0 Å². The summed E-state index contributed by atoms with van der Waals surface area (Å²) in [6.45, 7) is 6.28. The van der Waals surface area contributed by atoms with E-state index in [9.17, 15) is 5.11 Å². The monoisotopic (exact) mass is 242 g/mol. The smallest absolute Gasteiger partial charge is 0.141 e. The lowest BCUT2D eigenvalue weighted by Crippen LogP contribution is -2.04. The van der Waals surface area contributed by atoms with Crippen LogP contribution in [-0.2, 0) is 0 Å².